The fourth-order valence-corrected chi connectivity index (χ4v) is 7.81. The van der Waals surface area contributed by atoms with E-state index >= 15 is 0 Å². The largest absolute Gasteiger partial charge is 0.508 e. The molecule has 0 spiro atoms. The Morgan fingerprint density at radius 1 is 0.526 bits per heavy atom. The molecule has 13 nitrogen and oxygen atoms in total. The molecule has 0 fully saturated rings. The second kappa shape index (κ2) is 14.9. The molecule has 57 heavy (non-hydrogen) atoms. The zero-order valence-corrected chi connectivity index (χ0v) is 31.8. The summed E-state index contributed by atoms with van der Waals surface area (Å²) in [5, 5.41) is 34.9. The fraction of sp³-hybridized carbons (Fsp3) is 0.227. The van der Waals surface area contributed by atoms with Crippen molar-refractivity contribution in [1.82, 2.24) is 0 Å². The number of phenols is 3. The van der Waals surface area contributed by atoms with Crippen LogP contribution in [-0.2, 0) is 22.3 Å². The number of hydrogen-bond acceptors (Lipinski definition) is 13. The Labute approximate surface area is 324 Å². The molecular formula is C44H38O13. The minimum absolute atomic E-state index is 0.0345. The lowest BCUT2D eigenvalue weighted by Crippen LogP contribution is -2.20. The van der Waals surface area contributed by atoms with E-state index in [-0.39, 0.29) is 90.6 Å². The van der Waals surface area contributed by atoms with Gasteiger partial charge in [-0.15, -0.1) is 0 Å². The highest BCUT2D eigenvalue weighted by atomic mass is 16.5. The monoisotopic (exact) mass is 774 g/mol. The van der Waals surface area contributed by atoms with Crippen LogP contribution in [0.2, 0.25) is 0 Å². The molecule has 0 heterocycles. The molecule has 3 N–H and O–H groups in total. The van der Waals surface area contributed by atoms with E-state index in [2.05, 4.69) is 0 Å². The molecule has 0 saturated heterocycles. The van der Waals surface area contributed by atoms with Crippen LogP contribution in [0.4, 0.5) is 0 Å². The van der Waals surface area contributed by atoms with E-state index in [9.17, 15) is 34.5 Å². The van der Waals surface area contributed by atoms with Gasteiger partial charge in [0.05, 0.1) is 50.3 Å². The van der Waals surface area contributed by atoms with Gasteiger partial charge in [-0.05, 0) is 61.0 Å². The number of hydrogen-bond donors (Lipinski definition) is 3. The Morgan fingerprint density at radius 3 is 1.32 bits per heavy atom. The van der Waals surface area contributed by atoms with E-state index in [4.69, 9.17) is 28.4 Å². The van der Waals surface area contributed by atoms with Crippen LogP contribution in [-0.4, -0.2) is 67.9 Å². The number of methoxy groups -OCH3 is 4. The number of aromatic hydroxyl groups is 3. The molecule has 7 aromatic carbocycles. The second-order valence-corrected chi connectivity index (χ2v) is 13.6. The van der Waals surface area contributed by atoms with Gasteiger partial charge in [0.2, 0.25) is 0 Å². The van der Waals surface area contributed by atoms with Gasteiger partial charge in [0, 0.05) is 57.6 Å². The van der Waals surface area contributed by atoms with Gasteiger partial charge in [-0.3, -0.25) is 9.59 Å². The molecule has 7 rings (SSSR count). The van der Waals surface area contributed by atoms with Crippen LogP contribution in [0.3, 0.4) is 0 Å². The van der Waals surface area contributed by atoms with Crippen molar-refractivity contribution in [3.8, 4) is 40.2 Å². The number of rotatable bonds is 12. The first-order chi connectivity index (χ1) is 27.3. The molecule has 0 saturated carbocycles. The van der Waals surface area contributed by atoms with Crippen molar-refractivity contribution in [2.24, 2.45) is 0 Å². The number of carbonyl (C=O) groups is 2. The summed E-state index contributed by atoms with van der Waals surface area (Å²) in [5.41, 5.74) is -0.179. The molecule has 2 atom stereocenters. The van der Waals surface area contributed by atoms with Crippen molar-refractivity contribution < 1.29 is 53.3 Å². The average Bonchev–Trinajstić information content (AvgIpc) is 3.19. The maximum atomic E-state index is 14.0. The summed E-state index contributed by atoms with van der Waals surface area (Å²) >= 11 is 0. The fourth-order valence-electron chi connectivity index (χ4n) is 7.81. The molecule has 0 aliphatic carbocycles. The summed E-state index contributed by atoms with van der Waals surface area (Å²) in [7, 11) is 5.37. The SMILES string of the molecule is COc1c(O)c2c(=O)cc(OC)c3c4c(OC)cc(=O)c5c(O)c(OC)c(C[C@@H](C)OC(=O)c6ccccc6)c(c(c1CC(C)OC(=O)c1ccc(O)cc1)c23)c54. The highest BCUT2D eigenvalue weighted by Crippen LogP contribution is 2.55. The highest BCUT2D eigenvalue weighted by molar-refractivity contribution is 6.38. The van der Waals surface area contributed by atoms with E-state index in [0.717, 1.165) is 0 Å². The Bertz CT molecular complexity index is 2820. The number of ether oxygens (including phenoxy) is 6. The van der Waals surface area contributed by atoms with Crippen molar-refractivity contribution in [3.63, 3.8) is 0 Å². The first-order valence-corrected chi connectivity index (χ1v) is 17.9. The summed E-state index contributed by atoms with van der Waals surface area (Å²) in [6.45, 7) is 3.29. The molecule has 0 amide bonds. The number of phenolic OH excluding ortho intramolecular Hbond substituents is 3. The molecule has 0 aromatic heterocycles. The minimum Gasteiger partial charge on any atom is -0.508 e. The summed E-state index contributed by atoms with van der Waals surface area (Å²) in [6.07, 6.45) is -1.95. The number of fused-ring (bicyclic) bond motifs is 2. The maximum absolute atomic E-state index is 14.0. The van der Waals surface area contributed by atoms with Crippen LogP contribution in [0.5, 0.6) is 40.2 Å². The molecular weight excluding hydrogens is 736 g/mol. The van der Waals surface area contributed by atoms with Gasteiger partial charge >= 0.3 is 11.9 Å². The summed E-state index contributed by atoms with van der Waals surface area (Å²) < 4.78 is 35.0. The van der Waals surface area contributed by atoms with Crippen molar-refractivity contribution in [2.75, 3.05) is 28.4 Å². The summed E-state index contributed by atoms with van der Waals surface area (Å²) in [4.78, 5) is 54.6. The third-order valence-corrected chi connectivity index (χ3v) is 10.1. The van der Waals surface area contributed by atoms with Crippen LogP contribution in [0, 0.1) is 0 Å². The Kier molecular flexibility index (Phi) is 10.0. The lowest BCUT2D eigenvalue weighted by atomic mass is 9.81. The van der Waals surface area contributed by atoms with Crippen LogP contribution >= 0.6 is 0 Å². The lowest BCUT2D eigenvalue weighted by Gasteiger charge is -2.26. The van der Waals surface area contributed by atoms with Crippen molar-refractivity contribution in [1.29, 1.82) is 0 Å². The van der Waals surface area contributed by atoms with E-state index in [1.807, 2.05) is 0 Å². The summed E-state index contributed by atoms with van der Waals surface area (Å²) in [6, 6.07) is 16.3. The van der Waals surface area contributed by atoms with E-state index < -0.39 is 46.5 Å². The first-order valence-electron chi connectivity index (χ1n) is 17.9. The summed E-state index contributed by atoms with van der Waals surface area (Å²) in [5.74, 6) is -2.34. The van der Waals surface area contributed by atoms with E-state index in [1.54, 1.807) is 44.2 Å². The lowest BCUT2D eigenvalue weighted by molar-refractivity contribution is 0.0331. The van der Waals surface area contributed by atoms with Crippen LogP contribution < -0.4 is 29.8 Å². The molecule has 0 aliphatic rings. The topological polar surface area (TPSA) is 184 Å². The van der Waals surface area contributed by atoms with Gasteiger partial charge in [0.1, 0.15) is 29.5 Å². The van der Waals surface area contributed by atoms with Gasteiger partial charge in [-0.1, -0.05) is 18.2 Å². The van der Waals surface area contributed by atoms with Gasteiger partial charge in [-0.25, -0.2) is 9.59 Å². The van der Waals surface area contributed by atoms with Gasteiger partial charge < -0.3 is 43.7 Å². The first kappa shape index (κ1) is 38.3. The van der Waals surface area contributed by atoms with Crippen LogP contribution in [0.15, 0.2) is 76.3 Å². The van der Waals surface area contributed by atoms with Crippen molar-refractivity contribution in [2.45, 2.75) is 38.9 Å². The minimum atomic E-state index is -0.903. The van der Waals surface area contributed by atoms with Crippen LogP contribution in [0.25, 0.3) is 43.1 Å². The Hall–Kier alpha value is -7.02. The van der Waals surface area contributed by atoms with Gasteiger partial charge in [-0.2, -0.15) is 0 Å². The van der Waals surface area contributed by atoms with E-state index in [1.165, 1.54) is 64.8 Å². The van der Waals surface area contributed by atoms with Crippen molar-refractivity contribution in [3.05, 3.63) is 109 Å². The van der Waals surface area contributed by atoms with Crippen molar-refractivity contribution >= 4 is 55.0 Å². The number of benzene rings is 7. The zero-order chi connectivity index (χ0) is 40.9. The third kappa shape index (κ3) is 6.30. The Morgan fingerprint density at radius 2 is 0.930 bits per heavy atom. The smallest absolute Gasteiger partial charge is 0.338 e. The Balaban J connectivity index is 1.62. The predicted octanol–water partition coefficient (Wildman–Crippen LogP) is 6.62. The molecule has 1 unspecified atom stereocenters. The molecule has 7 aromatic rings. The van der Waals surface area contributed by atoms with Crippen LogP contribution in [0.1, 0.15) is 45.7 Å². The number of esters is 2. The quantitative estimate of drug-likeness (QED) is 0.0684. The zero-order valence-electron chi connectivity index (χ0n) is 31.8. The highest BCUT2D eigenvalue weighted by Gasteiger charge is 2.34. The molecule has 0 radical (unpaired) electrons. The molecule has 0 aliphatic heterocycles. The van der Waals surface area contributed by atoms with Gasteiger partial charge in [0.25, 0.3) is 0 Å². The average molecular weight is 775 g/mol. The maximum Gasteiger partial charge on any atom is 0.338 e. The van der Waals surface area contributed by atoms with Gasteiger partial charge in [0.15, 0.2) is 33.9 Å². The number of carbonyl (C=O) groups excluding carboxylic acids is 2. The second-order valence-electron chi connectivity index (χ2n) is 13.6. The molecule has 292 valence electrons. The predicted molar refractivity (Wildman–Crippen MR) is 213 cm³/mol. The molecule has 0 bridgehead atoms. The third-order valence-electron chi connectivity index (χ3n) is 10.1. The standard InChI is InChI=1S/C44H38O13/c1-20(56-43(50)22-10-8-7-9-11-22)16-25-31-32-26(17-21(2)57-44(51)23-12-14-24(45)15-13-23)42(55-6)40(49)34-28(47)19-30(53-4)36(38(32)34)35-29(52-3)18-27(46)33(37(31)35)39(48)41(25)54-5/h7-15,18-21,45,48-49H,16-17H2,1-6H3/t20-,21?/m1/s1. The van der Waals surface area contributed by atoms with E-state index in [0.29, 0.717) is 16.3 Å². The normalized spacial score (nSPS) is 12.5. The molecule has 13 heteroatoms.